The van der Waals surface area contributed by atoms with Gasteiger partial charge >= 0.3 is 0 Å². The number of rotatable bonds is 7. The molecule has 2 aliphatic rings. The van der Waals surface area contributed by atoms with Gasteiger partial charge in [-0.2, -0.15) is 0 Å². The van der Waals surface area contributed by atoms with Gasteiger partial charge in [-0.3, -0.25) is 0 Å². The summed E-state index contributed by atoms with van der Waals surface area (Å²) in [6.45, 7) is 7.16. The van der Waals surface area contributed by atoms with Gasteiger partial charge in [0.25, 0.3) is 0 Å². The smallest absolute Gasteiger partial charge is 0.0465 e. The van der Waals surface area contributed by atoms with Gasteiger partial charge in [-0.1, -0.05) is 202 Å². The average Bonchev–Trinajstić information content (AvgIpc) is 3.98. The molecule has 0 N–H and O–H groups in total. The van der Waals surface area contributed by atoms with E-state index in [9.17, 15) is 0 Å². The molecule has 0 saturated carbocycles. The molecule has 0 aliphatic heterocycles. The standard InChI is InChI=1S/C65H47NS/c1-64(2)58-28-12-9-22-52(58)56-26-16-25-55(62(56)64)50-20-8-7-19-48(50)42-31-35-45(36-32-42)66(46-37-33-43(34-38-46)49-24-15-27-57-54-23-11-14-30-61(54)67-63(49)57)47-39-40-53-51-21-10-13-29-59(51)65(3,60(53)41-47)44-17-5-4-6-18-44/h4-41H,1-3H3. The molecule has 0 bridgehead atoms. The number of benzene rings is 10. The first-order valence-corrected chi connectivity index (χ1v) is 24.2. The minimum atomic E-state index is -0.317. The lowest BCUT2D eigenvalue weighted by molar-refractivity contribution is 0.662. The maximum absolute atomic E-state index is 2.45. The van der Waals surface area contributed by atoms with Crippen molar-refractivity contribution in [1.82, 2.24) is 0 Å². The third kappa shape index (κ3) is 5.99. The molecule has 11 aromatic rings. The molecular formula is C65H47NS. The lowest BCUT2D eigenvalue weighted by Gasteiger charge is -2.31. The first-order chi connectivity index (χ1) is 32.9. The van der Waals surface area contributed by atoms with Gasteiger partial charge < -0.3 is 4.90 Å². The van der Waals surface area contributed by atoms with Crippen molar-refractivity contribution in [3.63, 3.8) is 0 Å². The van der Waals surface area contributed by atoms with Crippen LogP contribution in [0.1, 0.15) is 48.6 Å². The Labute approximate surface area is 396 Å². The van der Waals surface area contributed by atoms with E-state index >= 15 is 0 Å². The normalized spacial score (nSPS) is 15.3. The average molecular weight is 874 g/mol. The van der Waals surface area contributed by atoms with Gasteiger partial charge in [0.05, 0.1) is 0 Å². The molecule has 13 rings (SSSR count). The number of fused-ring (bicyclic) bond motifs is 9. The third-order valence-corrected chi connectivity index (χ3v) is 16.2. The SMILES string of the molecule is CC1(C)c2ccccc2-c2cccc(-c3ccccc3-c3ccc(N(c4ccc(-c5cccc6c5sc5ccccc56)cc4)c4ccc5c(c4)C(C)(c4ccccc4)c4ccccc4-5)cc3)c21. The highest BCUT2D eigenvalue weighted by Crippen LogP contribution is 2.55. The van der Waals surface area contributed by atoms with E-state index < -0.39 is 0 Å². The predicted octanol–water partition coefficient (Wildman–Crippen LogP) is 18.2. The summed E-state index contributed by atoms with van der Waals surface area (Å²) in [6.07, 6.45) is 0. The van der Waals surface area contributed by atoms with E-state index in [0.29, 0.717) is 0 Å². The van der Waals surface area contributed by atoms with E-state index in [1.165, 1.54) is 104 Å². The summed E-state index contributed by atoms with van der Waals surface area (Å²) >= 11 is 1.88. The molecule has 67 heavy (non-hydrogen) atoms. The fourth-order valence-corrected chi connectivity index (χ4v) is 13.0. The minimum absolute atomic E-state index is 0.117. The van der Waals surface area contributed by atoms with Gasteiger partial charge in [-0.15, -0.1) is 11.3 Å². The molecule has 1 nitrogen and oxygen atoms in total. The Hall–Kier alpha value is -7.78. The molecule has 0 saturated heterocycles. The van der Waals surface area contributed by atoms with Crippen molar-refractivity contribution >= 4 is 48.6 Å². The van der Waals surface area contributed by atoms with Gasteiger partial charge in [0.1, 0.15) is 0 Å². The van der Waals surface area contributed by atoms with Crippen LogP contribution in [0, 0.1) is 0 Å². The molecule has 1 aromatic heterocycles. The predicted molar refractivity (Wildman–Crippen MR) is 285 cm³/mol. The van der Waals surface area contributed by atoms with Crippen LogP contribution in [-0.4, -0.2) is 0 Å². The summed E-state index contributed by atoms with van der Waals surface area (Å²) in [4.78, 5) is 2.44. The van der Waals surface area contributed by atoms with Crippen LogP contribution in [0.5, 0.6) is 0 Å². The molecule has 2 heteroatoms. The van der Waals surface area contributed by atoms with Crippen LogP contribution in [0.15, 0.2) is 231 Å². The van der Waals surface area contributed by atoms with Crippen LogP contribution in [0.25, 0.3) is 75.8 Å². The second kappa shape index (κ2) is 15.1. The van der Waals surface area contributed by atoms with Crippen LogP contribution in [-0.2, 0) is 10.8 Å². The first kappa shape index (κ1) is 39.6. The van der Waals surface area contributed by atoms with Crippen LogP contribution < -0.4 is 4.90 Å². The lowest BCUT2D eigenvalue weighted by atomic mass is 9.74. The van der Waals surface area contributed by atoms with E-state index in [4.69, 9.17) is 0 Å². The van der Waals surface area contributed by atoms with Crippen LogP contribution >= 0.6 is 11.3 Å². The fourth-order valence-electron chi connectivity index (χ4n) is 11.7. The Bertz CT molecular complexity index is 3730. The summed E-state index contributed by atoms with van der Waals surface area (Å²) in [7, 11) is 0. The summed E-state index contributed by atoms with van der Waals surface area (Å²) < 4.78 is 2.65. The summed E-state index contributed by atoms with van der Waals surface area (Å²) in [5.74, 6) is 0. The highest BCUT2D eigenvalue weighted by Gasteiger charge is 2.41. The topological polar surface area (TPSA) is 3.24 Å². The second-order valence-electron chi connectivity index (χ2n) is 18.9. The van der Waals surface area contributed by atoms with E-state index in [0.717, 1.165) is 17.1 Å². The van der Waals surface area contributed by atoms with E-state index in [1.54, 1.807) is 0 Å². The van der Waals surface area contributed by atoms with Crippen LogP contribution in [0.3, 0.4) is 0 Å². The van der Waals surface area contributed by atoms with Crippen molar-refractivity contribution < 1.29 is 0 Å². The van der Waals surface area contributed by atoms with Crippen molar-refractivity contribution in [3.05, 3.63) is 258 Å². The monoisotopic (exact) mass is 873 g/mol. The molecule has 10 aromatic carbocycles. The molecule has 0 radical (unpaired) electrons. The summed E-state index contributed by atoms with van der Waals surface area (Å²) in [5.41, 5.74) is 22.4. The number of hydrogen-bond donors (Lipinski definition) is 0. The number of thiophene rings is 1. The molecule has 2 aliphatic carbocycles. The van der Waals surface area contributed by atoms with E-state index in [2.05, 4.69) is 256 Å². The van der Waals surface area contributed by atoms with Crippen molar-refractivity contribution in [2.45, 2.75) is 31.6 Å². The van der Waals surface area contributed by atoms with Crippen molar-refractivity contribution in [3.8, 4) is 55.6 Å². The zero-order chi connectivity index (χ0) is 44.9. The number of hydrogen-bond acceptors (Lipinski definition) is 2. The Morgan fingerprint density at radius 3 is 1.57 bits per heavy atom. The van der Waals surface area contributed by atoms with E-state index in [-0.39, 0.29) is 10.8 Å². The van der Waals surface area contributed by atoms with Gasteiger partial charge in [0, 0.05) is 48.1 Å². The van der Waals surface area contributed by atoms with Crippen LogP contribution in [0.2, 0.25) is 0 Å². The molecule has 0 fully saturated rings. The van der Waals surface area contributed by atoms with Gasteiger partial charge in [-0.25, -0.2) is 0 Å². The number of nitrogens with zero attached hydrogens (tertiary/aromatic N) is 1. The van der Waals surface area contributed by atoms with Gasteiger partial charge in [-0.05, 0) is 133 Å². The Morgan fingerprint density at radius 2 is 0.836 bits per heavy atom. The quantitative estimate of drug-likeness (QED) is 0.154. The fraction of sp³-hybridized carbons (Fsp3) is 0.0769. The highest BCUT2D eigenvalue weighted by atomic mass is 32.1. The van der Waals surface area contributed by atoms with Crippen molar-refractivity contribution in [1.29, 1.82) is 0 Å². The molecule has 318 valence electrons. The van der Waals surface area contributed by atoms with Gasteiger partial charge in [0.2, 0.25) is 0 Å². The molecule has 1 heterocycles. The van der Waals surface area contributed by atoms with Gasteiger partial charge in [0.15, 0.2) is 0 Å². The second-order valence-corrected chi connectivity index (χ2v) is 20.0. The van der Waals surface area contributed by atoms with Crippen LogP contribution in [0.4, 0.5) is 17.1 Å². The maximum atomic E-state index is 2.45. The third-order valence-electron chi connectivity index (χ3n) is 15.0. The lowest BCUT2D eigenvalue weighted by Crippen LogP contribution is -2.22. The largest absolute Gasteiger partial charge is 0.310 e. The maximum Gasteiger partial charge on any atom is 0.0465 e. The Balaban J connectivity index is 0.944. The minimum Gasteiger partial charge on any atom is -0.310 e. The molecule has 1 unspecified atom stereocenters. The molecule has 1 atom stereocenters. The van der Waals surface area contributed by atoms with Crippen molar-refractivity contribution in [2.24, 2.45) is 0 Å². The summed E-state index contributed by atoms with van der Waals surface area (Å²) in [6, 6.07) is 85.8. The molecular weight excluding hydrogens is 827 g/mol. The molecule has 0 spiro atoms. The Morgan fingerprint density at radius 1 is 0.343 bits per heavy atom. The zero-order valence-electron chi connectivity index (χ0n) is 37.8. The van der Waals surface area contributed by atoms with Crippen molar-refractivity contribution in [2.75, 3.05) is 4.90 Å². The summed E-state index contributed by atoms with van der Waals surface area (Å²) in [5, 5.41) is 2.64. The Kier molecular flexibility index (Phi) is 8.94. The number of anilines is 3. The zero-order valence-corrected chi connectivity index (χ0v) is 38.6. The first-order valence-electron chi connectivity index (χ1n) is 23.4. The highest BCUT2D eigenvalue weighted by molar-refractivity contribution is 7.26. The molecule has 0 amide bonds. The van der Waals surface area contributed by atoms with E-state index in [1.807, 2.05) is 11.3 Å².